The molecule has 0 heterocycles. The van der Waals surface area contributed by atoms with Gasteiger partial charge in [0, 0.05) is 19.4 Å². The average molecular weight is 772 g/mol. The summed E-state index contributed by atoms with van der Waals surface area (Å²) in [7, 11) is -4.38. The first-order valence-electron chi connectivity index (χ1n) is 21.8. The monoisotopic (exact) mass is 772 g/mol. The second-order valence-corrected chi connectivity index (χ2v) is 16.0. The molecule has 0 bridgehead atoms. The summed E-state index contributed by atoms with van der Waals surface area (Å²) in [4.78, 5) is 34.8. The van der Waals surface area contributed by atoms with Gasteiger partial charge < -0.3 is 20.1 Å². The number of nitrogens with two attached hydrogens (primary N) is 1. The van der Waals surface area contributed by atoms with Crippen molar-refractivity contribution in [2.45, 2.75) is 213 Å². The number of rotatable bonds is 41. The lowest BCUT2D eigenvalue weighted by Crippen LogP contribution is -2.29. The van der Waals surface area contributed by atoms with Crippen LogP contribution in [0.5, 0.6) is 0 Å². The van der Waals surface area contributed by atoms with Crippen LogP contribution >= 0.6 is 7.82 Å². The predicted octanol–water partition coefficient (Wildman–Crippen LogP) is 12.4. The van der Waals surface area contributed by atoms with Crippen molar-refractivity contribution in [2.24, 2.45) is 5.73 Å². The lowest BCUT2D eigenvalue weighted by Gasteiger charge is -2.19. The highest BCUT2D eigenvalue weighted by atomic mass is 31.2. The molecule has 0 saturated heterocycles. The van der Waals surface area contributed by atoms with Gasteiger partial charge in [0.2, 0.25) is 0 Å². The fourth-order valence-electron chi connectivity index (χ4n) is 6.06. The molecule has 1 unspecified atom stereocenters. The normalized spacial score (nSPS) is 13.5. The number of carbonyl (C=O) groups excluding carboxylic acids is 2. The van der Waals surface area contributed by atoms with Crippen LogP contribution in [-0.2, 0) is 32.7 Å². The molecular formula is C43H82NO8P. The number of unbranched alkanes of at least 4 members (excludes halogenated alkanes) is 24. The molecule has 0 radical (unpaired) electrons. The van der Waals surface area contributed by atoms with E-state index in [9.17, 15) is 19.0 Å². The maximum absolute atomic E-state index is 12.6. The zero-order valence-corrected chi connectivity index (χ0v) is 35.2. The number of hydrogen-bond acceptors (Lipinski definition) is 8. The van der Waals surface area contributed by atoms with Crippen LogP contribution in [0.4, 0.5) is 0 Å². The molecule has 2 atom stereocenters. The molecule has 9 nitrogen and oxygen atoms in total. The summed E-state index contributed by atoms with van der Waals surface area (Å²) in [5.41, 5.74) is 5.34. The highest BCUT2D eigenvalue weighted by molar-refractivity contribution is 7.47. The highest BCUT2D eigenvalue weighted by Gasteiger charge is 2.26. The van der Waals surface area contributed by atoms with Crippen molar-refractivity contribution < 1.29 is 37.6 Å². The molecule has 0 fully saturated rings. The van der Waals surface area contributed by atoms with Crippen LogP contribution in [0.15, 0.2) is 24.3 Å². The zero-order valence-electron chi connectivity index (χ0n) is 34.3. The van der Waals surface area contributed by atoms with E-state index in [-0.39, 0.29) is 38.6 Å². The SMILES string of the molecule is CCCC/C=C/C/C=C/CCCCCCCC(=O)O[C@@H](COC(=O)CCCCCCCCCCCCCCCCCCCC)COP(=O)(O)OCCN. The molecule has 0 aliphatic carbocycles. The molecule has 53 heavy (non-hydrogen) atoms. The minimum absolute atomic E-state index is 0.0524. The summed E-state index contributed by atoms with van der Waals surface area (Å²) in [6.07, 6.45) is 42.1. The smallest absolute Gasteiger partial charge is 0.462 e. The molecule has 10 heteroatoms. The van der Waals surface area contributed by atoms with E-state index < -0.39 is 26.5 Å². The number of hydrogen-bond donors (Lipinski definition) is 2. The van der Waals surface area contributed by atoms with Crippen LogP contribution in [0, 0.1) is 0 Å². The molecule has 0 aliphatic heterocycles. The van der Waals surface area contributed by atoms with Crippen LogP contribution in [0.2, 0.25) is 0 Å². The van der Waals surface area contributed by atoms with Crippen molar-refractivity contribution >= 4 is 19.8 Å². The summed E-state index contributed by atoms with van der Waals surface area (Å²) < 4.78 is 32.8. The van der Waals surface area contributed by atoms with E-state index in [1.807, 2.05) is 0 Å². The number of ether oxygens (including phenoxy) is 2. The lowest BCUT2D eigenvalue weighted by atomic mass is 10.0. The Morgan fingerprint density at radius 2 is 1.00 bits per heavy atom. The first-order chi connectivity index (χ1) is 25.8. The van der Waals surface area contributed by atoms with Crippen LogP contribution in [0.1, 0.15) is 206 Å². The van der Waals surface area contributed by atoms with Crippen molar-refractivity contribution in [3.8, 4) is 0 Å². The molecule has 0 amide bonds. The Hall–Kier alpha value is -1.51. The Bertz CT molecular complexity index is 928. The van der Waals surface area contributed by atoms with E-state index >= 15 is 0 Å². The molecule has 0 saturated carbocycles. The topological polar surface area (TPSA) is 134 Å². The fraction of sp³-hybridized carbons (Fsp3) is 0.860. The number of phosphoric ester groups is 1. The lowest BCUT2D eigenvalue weighted by molar-refractivity contribution is -0.161. The molecule has 0 aromatic rings. The average Bonchev–Trinajstić information content (AvgIpc) is 3.14. The van der Waals surface area contributed by atoms with E-state index in [4.69, 9.17) is 24.3 Å². The molecule has 0 aliphatic rings. The quantitative estimate of drug-likeness (QED) is 0.0269. The number of allylic oxidation sites excluding steroid dienone is 4. The number of phosphoric acid groups is 1. The van der Waals surface area contributed by atoms with Crippen molar-refractivity contribution in [2.75, 3.05) is 26.4 Å². The van der Waals surface area contributed by atoms with E-state index in [2.05, 4.69) is 38.2 Å². The molecule has 0 spiro atoms. The maximum Gasteiger partial charge on any atom is 0.472 e. The molecular weight excluding hydrogens is 689 g/mol. The van der Waals surface area contributed by atoms with Gasteiger partial charge in [-0.15, -0.1) is 0 Å². The van der Waals surface area contributed by atoms with Gasteiger partial charge in [-0.05, 0) is 38.5 Å². The van der Waals surface area contributed by atoms with Gasteiger partial charge in [0.15, 0.2) is 6.10 Å². The van der Waals surface area contributed by atoms with Gasteiger partial charge in [-0.3, -0.25) is 18.6 Å². The minimum atomic E-state index is -4.38. The highest BCUT2D eigenvalue weighted by Crippen LogP contribution is 2.43. The van der Waals surface area contributed by atoms with Crippen molar-refractivity contribution in [3.05, 3.63) is 24.3 Å². The molecule has 3 N–H and O–H groups in total. The maximum atomic E-state index is 12.6. The Morgan fingerprint density at radius 3 is 1.49 bits per heavy atom. The van der Waals surface area contributed by atoms with E-state index in [1.54, 1.807) is 0 Å². The molecule has 0 rings (SSSR count). The predicted molar refractivity (Wildman–Crippen MR) is 220 cm³/mol. The van der Waals surface area contributed by atoms with E-state index in [1.165, 1.54) is 109 Å². The Morgan fingerprint density at radius 1 is 0.566 bits per heavy atom. The van der Waals surface area contributed by atoms with Crippen LogP contribution in [0.25, 0.3) is 0 Å². The van der Waals surface area contributed by atoms with Gasteiger partial charge in [0.1, 0.15) is 6.61 Å². The molecule has 312 valence electrons. The third-order valence-corrected chi connectivity index (χ3v) is 10.3. The van der Waals surface area contributed by atoms with Gasteiger partial charge in [-0.2, -0.15) is 0 Å². The van der Waals surface area contributed by atoms with Gasteiger partial charge in [0.25, 0.3) is 0 Å². The zero-order chi connectivity index (χ0) is 38.9. The minimum Gasteiger partial charge on any atom is -0.462 e. The number of esters is 2. The van der Waals surface area contributed by atoms with Gasteiger partial charge in [-0.1, -0.05) is 179 Å². The summed E-state index contributed by atoms with van der Waals surface area (Å²) in [5, 5.41) is 0. The Kier molecular flexibility index (Phi) is 39.0. The van der Waals surface area contributed by atoms with Gasteiger partial charge in [0.05, 0.1) is 13.2 Å². The Balaban J connectivity index is 4.12. The van der Waals surface area contributed by atoms with Gasteiger partial charge in [-0.25, -0.2) is 4.57 Å². The van der Waals surface area contributed by atoms with E-state index in [0.717, 1.165) is 64.2 Å². The molecule has 0 aromatic carbocycles. The number of carbonyl (C=O) groups is 2. The van der Waals surface area contributed by atoms with Crippen molar-refractivity contribution in [1.82, 2.24) is 0 Å². The second kappa shape index (κ2) is 40.2. The summed E-state index contributed by atoms with van der Waals surface area (Å²) >= 11 is 0. The third kappa shape index (κ3) is 40.0. The second-order valence-electron chi connectivity index (χ2n) is 14.6. The third-order valence-electron chi connectivity index (χ3n) is 9.34. The van der Waals surface area contributed by atoms with Crippen LogP contribution in [-0.4, -0.2) is 49.3 Å². The van der Waals surface area contributed by atoms with E-state index in [0.29, 0.717) is 6.42 Å². The summed E-state index contributed by atoms with van der Waals surface area (Å²) in [6.45, 7) is 3.70. The van der Waals surface area contributed by atoms with Crippen molar-refractivity contribution in [3.63, 3.8) is 0 Å². The fourth-order valence-corrected chi connectivity index (χ4v) is 6.83. The summed E-state index contributed by atoms with van der Waals surface area (Å²) in [6, 6.07) is 0. The summed E-state index contributed by atoms with van der Waals surface area (Å²) in [5.74, 6) is -0.837. The van der Waals surface area contributed by atoms with Crippen molar-refractivity contribution in [1.29, 1.82) is 0 Å². The first-order valence-corrected chi connectivity index (χ1v) is 23.3. The Labute approximate surface area is 325 Å². The standard InChI is InChI=1S/C43H82NO8P/c1-3-5-7-9-11-13-15-17-19-20-21-22-24-25-27-29-31-33-35-42(45)49-39-41(40-51-53(47,48)50-38-37-44)52-43(46)36-34-32-30-28-26-23-18-16-14-12-10-8-6-4-2/h10,12,16,18,41H,3-9,11,13-15,17,19-40,44H2,1-2H3,(H,47,48)/b12-10+,18-16+/t41-/m0/s1. The van der Waals surface area contributed by atoms with Crippen LogP contribution in [0.3, 0.4) is 0 Å². The molecule has 0 aromatic heterocycles. The van der Waals surface area contributed by atoms with Gasteiger partial charge >= 0.3 is 19.8 Å². The van der Waals surface area contributed by atoms with Crippen LogP contribution < -0.4 is 5.73 Å². The largest absolute Gasteiger partial charge is 0.472 e. The first kappa shape index (κ1) is 51.5.